The Morgan fingerprint density at radius 2 is 2.24 bits per heavy atom. The van der Waals surface area contributed by atoms with Gasteiger partial charge in [0.25, 0.3) is 0 Å². The molecule has 0 unspecified atom stereocenters. The molecule has 0 aliphatic heterocycles. The largest absolute Gasteiger partial charge is 0.395 e. The van der Waals surface area contributed by atoms with Crippen LogP contribution >= 0.6 is 0 Å². The molecule has 1 aromatic rings. The van der Waals surface area contributed by atoms with E-state index in [9.17, 15) is 12.8 Å². The molecule has 0 radical (unpaired) electrons. The maximum Gasteiger partial charge on any atom is 0.240 e. The van der Waals surface area contributed by atoms with Crippen molar-refractivity contribution in [2.24, 2.45) is 0 Å². The van der Waals surface area contributed by atoms with Gasteiger partial charge in [-0.3, -0.25) is 0 Å². The Labute approximate surface area is 98.6 Å². The molecule has 0 aliphatic carbocycles. The minimum absolute atomic E-state index is 0.212. The summed E-state index contributed by atoms with van der Waals surface area (Å²) in [5.74, 6) is -0.776. The number of hydrogen-bond acceptors (Lipinski definition) is 4. The fraction of sp³-hybridized carbons (Fsp3) is 0.300. The van der Waals surface area contributed by atoms with Crippen LogP contribution in [0.1, 0.15) is 12.5 Å². The Bertz CT molecular complexity index is 551. The van der Waals surface area contributed by atoms with Crippen LogP contribution in [0.4, 0.5) is 4.39 Å². The number of hydrogen-bond donors (Lipinski definition) is 2. The third-order valence-corrected chi connectivity index (χ3v) is 3.59. The zero-order valence-electron chi connectivity index (χ0n) is 9.01. The summed E-state index contributed by atoms with van der Waals surface area (Å²) in [4.78, 5) is -0.212. The lowest BCUT2D eigenvalue weighted by Gasteiger charge is -2.11. The van der Waals surface area contributed by atoms with E-state index in [2.05, 4.69) is 4.72 Å². The highest BCUT2D eigenvalue weighted by Gasteiger charge is 2.18. The van der Waals surface area contributed by atoms with Crippen LogP contribution in [-0.4, -0.2) is 26.2 Å². The third-order valence-electron chi connectivity index (χ3n) is 2.00. The minimum Gasteiger partial charge on any atom is -0.395 e. The van der Waals surface area contributed by atoms with E-state index < -0.39 is 21.9 Å². The first-order valence-corrected chi connectivity index (χ1v) is 6.22. The number of aliphatic hydroxyl groups is 1. The predicted octanol–water partition coefficient (Wildman–Crippen LogP) is 0.356. The molecule has 0 spiro atoms. The van der Waals surface area contributed by atoms with E-state index >= 15 is 0 Å². The topological polar surface area (TPSA) is 90.2 Å². The van der Waals surface area contributed by atoms with Crippen molar-refractivity contribution < 1.29 is 17.9 Å². The molecule has 0 saturated carbocycles. The molecule has 0 heterocycles. The standard InChI is InChI=1S/C10H11FN2O3S/c1-7(6-14)13-17(15,16)9-2-3-10(11)8(4-9)5-12/h2-4,7,13-14H,6H2,1H3/t7-/m1/s1. The summed E-state index contributed by atoms with van der Waals surface area (Å²) in [5.41, 5.74) is -0.343. The molecule has 1 atom stereocenters. The Kier molecular flexibility index (Phi) is 4.17. The highest BCUT2D eigenvalue weighted by Crippen LogP contribution is 2.14. The van der Waals surface area contributed by atoms with E-state index in [0.29, 0.717) is 0 Å². The van der Waals surface area contributed by atoms with E-state index in [1.165, 1.54) is 6.92 Å². The van der Waals surface area contributed by atoms with Gasteiger partial charge in [-0.25, -0.2) is 17.5 Å². The SMILES string of the molecule is C[C@H](CO)NS(=O)(=O)c1ccc(F)c(C#N)c1. The quantitative estimate of drug-likeness (QED) is 0.815. The number of nitrogens with zero attached hydrogens (tertiary/aromatic N) is 1. The third kappa shape index (κ3) is 3.23. The lowest BCUT2D eigenvalue weighted by molar-refractivity contribution is 0.265. The van der Waals surface area contributed by atoms with Gasteiger partial charge in [0.1, 0.15) is 11.9 Å². The van der Waals surface area contributed by atoms with Crippen molar-refractivity contribution in [2.45, 2.75) is 17.9 Å². The second-order valence-corrected chi connectivity index (χ2v) is 5.17. The van der Waals surface area contributed by atoms with Crippen molar-refractivity contribution in [1.82, 2.24) is 4.72 Å². The highest BCUT2D eigenvalue weighted by atomic mass is 32.2. The lowest BCUT2D eigenvalue weighted by Crippen LogP contribution is -2.35. The Morgan fingerprint density at radius 3 is 2.76 bits per heavy atom. The number of nitriles is 1. The van der Waals surface area contributed by atoms with Crippen molar-refractivity contribution in [2.75, 3.05) is 6.61 Å². The lowest BCUT2D eigenvalue weighted by atomic mass is 10.2. The van der Waals surface area contributed by atoms with Crippen LogP contribution in [0.25, 0.3) is 0 Å². The van der Waals surface area contributed by atoms with E-state index in [1.807, 2.05) is 0 Å². The van der Waals surface area contributed by atoms with Gasteiger partial charge in [-0.1, -0.05) is 0 Å². The van der Waals surface area contributed by atoms with Crippen LogP contribution in [0.15, 0.2) is 23.1 Å². The van der Waals surface area contributed by atoms with Crippen molar-refractivity contribution >= 4 is 10.0 Å². The van der Waals surface area contributed by atoms with E-state index in [-0.39, 0.29) is 17.1 Å². The number of halogens is 1. The van der Waals surface area contributed by atoms with Gasteiger partial charge in [-0.2, -0.15) is 5.26 Å². The normalized spacial score (nSPS) is 13.1. The summed E-state index contributed by atoms with van der Waals surface area (Å²) >= 11 is 0. The summed E-state index contributed by atoms with van der Waals surface area (Å²) in [7, 11) is -3.85. The van der Waals surface area contributed by atoms with Crippen LogP contribution in [0.3, 0.4) is 0 Å². The van der Waals surface area contributed by atoms with Crippen molar-refractivity contribution in [1.29, 1.82) is 5.26 Å². The van der Waals surface area contributed by atoms with E-state index in [0.717, 1.165) is 18.2 Å². The van der Waals surface area contributed by atoms with Gasteiger partial charge in [-0.05, 0) is 25.1 Å². The van der Waals surface area contributed by atoms with Crippen molar-refractivity contribution in [3.63, 3.8) is 0 Å². The average molecular weight is 258 g/mol. The molecular formula is C10H11FN2O3S. The van der Waals surface area contributed by atoms with Gasteiger partial charge < -0.3 is 5.11 Å². The zero-order chi connectivity index (χ0) is 13.1. The van der Waals surface area contributed by atoms with E-state index in [4.69, 9.17) is 10.4 Å². The molecule has 7 heteroatoms. The van der Waals surface area contributed by atoms with Crippen LogP contribution in [0.5, 0.6) is 0 Å². The molecule has 5 nitrogen and oxygen atoms in total. The molecule has 1 rings (SSSR count). The molecule has 0 fully saturated rings. The summed E-state index contributed by atoms with van der Waals surface area (Å²) in [6, 6.07) is 3.82. The molecule has 0 aromatic heterocycles. The van der Waals surface area contributed by atoms with Crippen molar-refractivity contribution in [3.8, 4) is 6.07 Å². The summed E-state index contributed by atoms with van der Waals surface area (Å²) < 4.78 is 38.6. The molecule has 0 amide bonds. The fourth-order valence-electron chi connectivity index (χ4n) is 1.13. The van der Waals surface area contributed by atoms with Crippen LogP contribution in [0, 0.1) is 17.1 Å². The first kappa shape index (κ1) is 13.6. The zero-order valence-corrected chi connectivity index (χ0v) is 9.83. The molecule has 0 bridgehead atoms. The molecule has 0 aliphatic rings. The maximum absolute atomic E-state index is 13.0. The number of sulfonamides is 1. The van der Waals surface area contributed by atoms with Crippen LogP contribution < -0.4 is 4.72 Å². The average Bonchev–Trinajstić information content (AvgIpc) is 2.28. The second-order valence-electron chi connectivity index (χ2n) is 3.46. The minimum atomic E-state index is -3.85. The number of rotatable bonds is 4. The maximum atomic E-state index is 13.0. The molecule has 0 saturated heterocycles. The Balaban J connectivity index is 3.13. The molecule has 1 aromatic carbocycles. The summed E-state index contributed by atoms with van der Waals surface area (Å²) in [5, 5.41) is 17.3. The monoisotopic (exact) mass is 258 g/mol. The number of nitrogens with one attached hydrogen (secondary N) is 1. The van der Waals surface area contributed by atoms with Gasteiger partial charge in [0.2, 0.25) is 10.0 Å². The molecular weight excluding hydrogens is 247 g/mol. The smallest absolute Gasteiger partial charge is 0.240 e. The summed E-state index contributed by atoms with van der Waals surface area (Å²) in [6.07, 6.45) is 0. The number of aliphatic hydroxyl groups excluding tert-OH is 1. The molecule has 17 heavy (non-hydrogen) atoms. The first-order chi connectivity index (χ1) is 7.90. The Morgan fingerprint density at radius 1 is 1.59 bits per heavy atom. The van der Waals surface area contributed by atoms with E-state index in [1.54, 1.807) is 6.07 Å². The second kappa shape index (κ2) is 5.23. The van der Waals surface area contributed by atoms with Gasteiger partial charge in [0.05, 0.1) is 17.1 Å². The molecule has 2 N–H and O–H groups in total. The van der Waals surface area contributed by atoms with Crippen LogP contribution in [-0.2, 0) is 10.0 Å². The van der Waals surface area contributed by atoms with Crippen LogP contribution in [0.2, 0.25) is 0 Å². The fourth-order valence-corrected chi connectivity index (χ4v) is 2.39. The summed E-state index contributed by atoms with van der Waals surface area (Å²) in [6.45, 7) is 1.12. The van der Waals surface area contributed by atoms with Gasteiger partial charge in [0.15, 0.2) is 0 Å². The van der Waals surface area contributed by atoms with Gasteiger partial charge >= 0.3 is 0 Å². The molecule has 92 valence electrons. The predicted molar refractivity (Wildman–Crippen MR) is 58.0 cm³/mol. The van der Waals surface area contributed by atoms with Gasteiger partial charge in [-0.15, -0.1) is 0 Å². The van der Waals surface area contributed by atoms with Crippen molar-refractivity contribution in [3.05, 3.63) is 29.6 Å². The first-order valence-electron chi connectivity index (χ1n) is 4.73. The highest BCUT2D eigenvalue weighted by molar-refractivity contribution is 7.89. The van der Waals surface area contributed by atoms with Gasteiger partial charge in [0, 0.05) is 6.04 Å². The Hall–Kier alpha value is -1.49. The number of benzene rings is 1.